The summed E-state index contributed by atoms with van der Waals surface area (Å²) in [5.74, 6) is 0.235. The summed E-state index contributed by atoms with van der Waals surface area (Å²) >= 11 is 5.87. The van der Waals surface area contributed by atoms with Gasteiger partial charge >= 0.3 is 0 Å². The van der Waals surface area contributed by atoms with Gasteiger partial charge in [-0.15, -0.1) is 0 Å². The van der Waals surface area contributed by atoms with Gasteiger partial charge in [0, 0.05) is 24.2 Å². The summed E-state index contributed by atoms with van der Waals surface area (Å²) < 4.78 is 32.1. The van der Waals surface area contributed by atoms with Crippen molar-refractivity contribution >= 4 is 21.6 Å². The summed E-state index contributed by atoms with van der Waals surface area (Å²) in [5.41, 5.74) is -0.811. The molecule has 118 valence electrons. The molecule has 0 saturated carbocycles. The molecule has 0 spiro atoms. The monoisotopic (exact) mass is 333 g/mol. The average Bonchev–Trinajstić information content (AvgIpc) is 2.59. The van der Waals surface area contributed by atoms with E-state index in [2.05, 4.69) is 0 Å². The summed E-state index contributed by atoms with van der Waals surface area (Å²) in [4.78, 5) is 0.107. The molecule has 1 atom stereocenters. The van der Waals surface area contributed by atoms with E-state index in [1.54, 1.807) is 6.92 Å². The van der Waals surface area contributed by atoms with Crippen molar-refractivity contribution < 1.29 is 18.3 Å². The molecule has 21 heavy (non-hydrogen) atoms. The van der Waals surface area contributed by atoms with Crippen LogP contribution < -0.4 is 4.74 Å². The first-order chi connectivity index (χ1) is 9.76. The van der Waals surface area contributed by atoms with E-state index >= 15 is 0 Å². The molecule has 1 heterocycles. The molecule has 0 amide bonds. The molecule has 0 radical (unpaired) electrons. The zero-order valence-corrected chi connectivity index (χ0v) is 13.7. The second-order valence-corrected chi connectivity index (χ2v) is 7.89. The third kappa shape index (κ3) is 3.69. The predicted octanol–water partition coefficient (Wildman–Crippen LogP) is 2.27. The molecule has 1 N–H and O–H groups in total. The highest BCUT2D eigenvalue weighted by Gasteiger charge is 2.33. The number of hydrogen-bond acceptors (Lipinski definition) is 4. The summed E-state index contributed by atoms with van der Waals surface area (Å²) in [6.45, 7) is 2.43. The zero-order valence-electron chi connectivity index (χ0n) is 12.2. The first kappa shape index (κ1) is 16.5. The van der Waals surface area contributed by atoms with E-state index in [1.165, 1.54) is 29.6 Å². The number of sulfonamides is 1. The van der Waals surface area contributed by atoms with Crippen LogP contribution in [0.4, 0.5) is 0 Å². The van der Waals surface area contributed by atoms with E-state index in [-0.39, 0.29) is 10.6 Å². The van der Waals surface area contributed by atoms with Gasteiger partial charge in [-0.2, -0.15) is 4.31 Å². The van der Waals surface area contributed by atoms with Gasteiger partial charge in [0.15, 0.2) is 0 Å². The Hall–Kier alpha value is -0.820. The van der Waals surface area contributed by atoms with Crippen molar-refractivity contribution in [2.75, 3.05) is 20.2 Å². The van der Waals surface area contributed by atoms with Crippen LogP contribution in [0.5, 0.6) is 5.75 Å². The quantitative estimate of drug-likeness (QED) is 0.921. The first-order valence-corrected chi connectivity index (χ1v) is 8.64. The van der Waals surface area contributed by atoms with E-state index in [9.17, 15) is 13.5 Å². The maximum Gasteiger partial charge on any atom is 0.246 e. The Kier molecular flexibility index (Phi) is 4.82. The standard InChI is InChI=1S/C14H20ClNO4S/c1-14(17)6-3-8-16(9-7-14)21(18,19)13-5-4-11(15)10-12(13)20-2/h4-5,10,17H,3,6-9H2,1-2H3. The summed E-state index contributed by atoms with van der Waals surface area (Å²) in [6, 6.07) is 4.48. The lowest BCUT2D eigenvalue weighted by molar-refractivity contribution is 0.0465. The molecule has 0 aromatic heterocycles. The second kappa shape index (κ2) is 6.12. The number of methoxy groups -OCH3 is 1. The van der Waals surface area contributed by atoms with Crippen molar-refractivity contribution in [1.29, 1.82) is 0 Å². The fourth-order valence-electron chi connectivity index (χ4n) is 2.47. The van der Waals surface area contributed by atoms with E-state index in [1.807, 2.05) is 0 Å². The van der Waals surface area contributed by atoms with Gasteiger partial charge in [0.1, 0.15) is 10.6 Å². The Bertz CT molecular complexity index is 615. The molecule has 0 bridgehead atoms. The number of aliphatic hydroxyl groups is 1. The summed E-state index contributed by atoms with van der Waals surface area (Å²) in [5, 5.41) is 10.5. The minimum atomic E-state index is -3.66. The van der Waals surface area contributed by atoms with Gasteiger partial charge in [0.05, 0.1) is 12.7 Å². The van der Waals surface area contributed by atoms with Crippen LogP contribution in [0.15, 0.2) is 23.1 Å². The van der Waals surface area contributed by atoms with Crippen molar-refractivity contribution in [1.82, 2.24) is 4.31 Å². The van der Waals surface area contributed by atoms with Crippen molar-refractivity contribution in [2.45, 2.75) is 36.7 Å². The van der Waals surface area contributed by atoms with Crippen LogP contribution in [0.1, 0.15) is 26.2 Å². The van der Waals surface area contributed by atoms with Crippen molar-refractivity contribution in [2.24, 2.45) is 0 Å². The lowest BCUT2D eigenvalue weighted by Crippen LogP contribution is -2.33. The lowest BCUT2D eigenvalue weighted by atomic mass is 9.98. The summed E-state index contributed by atoms with van der Waals surface area (Å²) in [6.07, 6.45) is 1.64. The molecule has 1 aromatic carbocycles. The number of hydrogen-bond donors (Lipinski definition) is 1. The van der Waals surface area contributed by atoms with Gasteiger partial charge in [-0.1, -0.05) is 11.6 Å². The normalized spacial score (nSPS) is 24.6. The molecule has 0 aliphatic carbocycles. The predicted molar refractivity (Wildman–Crippen MR) is 81.2 cm³/mol. The number of benzene rings is 1. The third-order valence-electron chi connectivity index (χ3n) is 3.77. The maximum atomic E-state index is 12.8. The lowest BCUT2D eigenvalue weighted by Gasteiger charge is -2.23. The third-order valence-corrected chi connectivity index (χ3v) is 5.94. The van der Waals surface area contributed by atoms with Crippen molar-refractivity contribution in [3.63, 3.8) is 0 Å². The van der Waals surface area contributed by atoms with Crippen LogP contribution in [-0.4, -0.2) is 43.6 Å². The van der Waals surface area contributed by atoms with E-state index < -0.39 is 15.6 Å². The van der Waals surface area contributed by atoms with Gasteiger partial charge in [-0.05, 0) is 38.3 Å². The first-order valence-electron chi connectivity index (χ1n) is 6.82. The number of ether oxygens (including phenoxy) is 1. The van der Waals surface area contributed by atoms with E-state index in [0.29, 0.717) is 37.4 Å². The Morgan fingerprint density at radius 2 is 2.05 bits per heavy atom. The average molecular weight is 334 g/mol. The topological polar surface area (TPSA) is 66.8 Å². The molecule has 1 aromatic rings. The Morgan fingerprint density at radius 1 is 1.33 bits per heavy atom. The molecular formula is C14H20ClNO4S. The fraction of sp³-hybridized carbons (Fsp3) is 0.571. The Balaban J connectivity index is 2.34. The van der Waals surface area contributed by atoms with Crippen LogP contribution in [0.2, 0.25) is 5.02 Å². The molecule has 1 unspecified atom stereocenters. The van der Waals surface area contributed by atoms with Gasteiger partial charge in [-0.25, -0.2) is 8.42 Å². The van der Waals surface area contributed by atoms with Crippen LogP contribution in [0.25, 0.3) is 0 Å². The summed E-state index contributed by atoms with van der Waals surface area (Å²) in [7, 11) is -2.24. The highest BCUT2D eigenvalue weighted by Crippen LogP contribution is 2.31. The number of rotatable bonds is 3. The Labute approximate surface area is 130 Å². The molecule has 1 aliphatic heterocycles. The highest BCUT2D eigenvalue weighted by molar-refractivity contribution is 7.89. The SMILES string of the molecule is COc1cc(Cl)ccc1S(=O)(=O)N1CCCC(C)(O)CC1. The van der Waals surface area contributed by atoms with Gasteiger partial charge in [-0.3, -0.25) is 0 Å². The molecular weight excluding hydrogens is 314 g/mol. The smallest absolute Gasteiger partial charge is 0.246 e. The molecule has 1 saturated heterocycles. The van der Waals surface area contributed by atoms with Gasteiger partial charge in [0.2, 0.25) is 10.0 Å². The Morgan fingerprint density at radius 3 is 2.71 bits per heavy atom. The minimum Gasteiger partial charge on any atom is -0.495 e. The van der Waals surface area contributed by atoms with Crippen LogP contribution in [-0.2, 0) is 10.0 Å². The van der Waals surface area contributed by atoms with Crippen LogP contribution >= 0.6 is 11.6 Å². The number of nitrogens with zero attached hydrogens (tertiary/aromatic N) is 1. The van der Waals surface area contributed by atoms with Crippen molar-refractivity contribution in [3.05, 3.63) is 23.2 Å². The van der Waals surface area contributed by atoms with Crippen molar-refractivity contribution in [3.8, 4) is 5.75 Å². The second-order valence-electron chi connectivity index (χ2n) is 5.55. The minimum absolute atomic E-state index is 0.107. The molecule has 5 nitrogen and oxygen atoms in total. The fourth-order valence-corrected chi connectivity index (χ4v) is 4.25. The van der Waals surface area contributed by atoms with E-state index in [0.717, 1.165) is 0 Å². The molecule has 7 heteroatoms. The molecule has 1 aliphatic rings. The van der Waals surface area contributed by atoms with Crippen LogP contribution in [0.3, 0.4) is 0 Å². The van der Waals surface area contributed by atoms with Crippen LogP contribution in [0, 0.1) is 0 Å². The highest BCUT2D eigenvalue weighted by atomic mass is 35.5. The number of halogens is 1. The van der Waals surface area contributed by atoms with E-state index in [4.69, 9.17) is 16.3 Å². The largest absolute Gasteiger partial charge is 0.495 e. The molecule has 2 rings (SSSR count). The molecule has 1 fully saturated rings. The zero-order chi connectivity index (χ0) is 15.7. The van der Waals surface area contributed by atoms with Gasteiger partial charge in [0.25, 0.3) is 0 Å². The maximum absolute atomic E-state index is 12.8. The van der Waals surface area contributed by atoms with Gasteiger partial charge < -0.3 is 9.84 Å².